The molecule has 208 valence electrons. The summed E-state index contributed by atoms with van der Waals surface area (Å²) in [7, 11) is 1.56. The molecule has 38 heavy (non-hydrogen) atoms. The summed E-state index contributed by atoms with van der Waals surface area (Å²) in [5.41, 5.74) is 2.55. The maximum Gasteiger partial charge on any atom is 0.411 e. The van der Waals surface area contributed by atoms with Crippen LogP contribution in [0.1, 0.15) is 62.2 Å². The molecule has 1 N–H and O–H groups in total. The largest absolute Gasteiger partial charge is 0.497 e. The number of carboxylic acids is 1. The monoisotopic (exact) mass is 535 g/mol. The maximum atomic E-state index is 12.7. The fourth-order valence-electron chi connectivity index (χ4n) is 5.21. The number of aliphatic carboxylic acids is 1. The number of hydrogen-bond donors (Lipinski definition) is 1. The first-order valence-electron chi connectivity index (χ1n) is 13.2. The molecule has 0 amide bonds. The van der Waals surface area contributed by atoms with Gasteiger partial charge in [-0.25, -0.2) is 0 Å². The maximum absolute atomic E-state index is 12.7. The Morgan fingerprint density at radius 1 is 1.08 bits per heavy atom. The van der Waals surface area contributed by atoms with Gasteiger partial charge in [-0.15, -0.1) is 0 Å². The van der Waals surface area contributed by atoms with Crippen LogP contribution in [0.3, 0.4) is 0 Å². The minimum atomic E-state index is -4.38. The SMILES string of the molecule is COc1ccc(C(C)OCC(F)(F)F)c(N2CCC(COc3cccc(C(CC(=O)O)C4CC4)c3)CC2)c1. The molecule has 2 aromatic rings. The first-order valence-corrected chi connectivity index (χ1v) is 13.2. The predicted molar refractivity (Wildman–Crippen MR) is 138 cm³/mol. The molecule has 2 unspecified atom stereocenters. The number of anilines is 1. The number of nitrogens with zero attached hydrogens (tertiary/aromatic N) is 1. The third-order valence-electron chi connectivity index (χ3n) is 7.49. The number of rotatable bonds is 12. The van der Waals surface area contributed by atoms with Gasteiger partial charge in [0.25, 0.3) is 0 Å². The van der Waals surface area contributed by atoms with Crippen molar-refractivity contribution in [1.29, 1.82) is 0 Å². The molecule has 0 radical (unpaired) electrons. The highest BCUT2D eigenvalue weighted by Crippen LogP contribution is 2.45. The van der Waals surface area contributed by atoms with Gasteiger partial charge in [0.05, 0.1) is 26.2 Å². The molecule has 6 nitrogen and oxygen atoms in total. The van der Waals surface area contributed by atoms with Crippen LogP contribution in [0.4, 0.5) is 18.9 Å². The van der Waals surface area contributed by atoms with Crippen LogP contribution in [0.2, 0.25) is 0 Å². The van der Waals surface area contributed by atoms with Crippen LogP contribution in [-0.2, 0) is 9.53 Å². The molecule has 0 bridgehead atoms. The number of benzene rings is 2. The van der Waals surface area contributed by atoms with Crippen LogP contribution in [0, 0.1) is 11.8 Å². The van der Waals surface area contributed by atoms with Crippen molar-refractivity contribution in [2.24, 2.45) is 11.8 Å². The molecule has 1 saturated heterocycles. The summed E-state index contributed by atoms with van der Waals surface area (Å²) in [5, 5.41) is 9.31. The van der Waals surface area contributed by atoms with Gasteiger partial charge in [-0.05, 0) is 74.1 Å². The fraction of sp³-hybridized carbons (Fsp3) is 0.552. The predicted octanol–water partition coefficient (Wildman–Crippen LogP) is 6.60. The van der Waals surface area contributed by atoms with E-state index in [-0.39, 0.29) is 12.3 Å². The van der Waals surface area contributed by atoms with Crippen LogP contribution in [0.5, 0.6) is 11.5 Å². The van der Waals surface area contributed by atoms with Crippen molar-refractivity contribution < 1.29 is 37.3 Å². The van der Waals surface area contributed by atoms with Crippen LogP contribution >= 0.6 is 0 Å². The lowest BCUT2D eigenvalue weighted by Crippen LogP contribution is -2.36. The molecule has 1 aliphatic heterocycles. The van der Waals surface area contributed by atoms with Gasteiger partial charge in [-0.2, -0.15) is 13.2 Å². The highest BCUT2D eigenvalue weighted by Gasteiger charge is 2.34. The summed E-state index contributed by atoms with van der Waals surface area (Å²) >= 11 is 0. The number of methoxy groups -OCH3 is 1. The Morgan fingerprint density at radius 2 is 1.82 bits per heavy atom. The number of hydrogen-bond acceptors (Lipinski definition) is 5. The average molecular weight is 536 g/mol. The zero-order chi connectivity index (χ0) is 27.3. The lowest BCUT2D eigenvalue weighted by atomic mass is 9.91. The van der Waals surface area contributed by atoms with Crippen LogP contribution in [0.25, 0.3) is 0 Å². The Hall–Kier alpha value is -2.94. The highest BCUT2D eigenvalue weighted by atomic mass is 19.4. The Balaban J connectivity index is 1.35. The number of halogens is 3. The van der Waals surface area contributed by atoms with Crippen molar-refractivity contribution in [3.05, 3.63) is 53.6 Å². The number of carboxylic acid groups (broad SMARTS) is 1. The van der Waals surface area contributed by atoms with Crippen molar-refractivity contribution in [2.75, 3.05) is 38.3 Å². The standard InChI is InChI=1S/C29H36F3NO5/c1-19(38-18-29(30,31)32)25-9-8-23(36-2)15-27(25)33-12-10-20(11-13-33)17-37-24-5-3-4-22(14-24)26(16-28(34)35)21-6-7-21/h3-5,8-9,14-15,19-21,26H,6-7,10-13,16-18H2,1-2H3,(H,34,35). The second-order valence-electron chi connectivity index (χ2n) is 10.3. The highest BCUT2D eigenvalue weighted by molar-refractivity contribution is 5.68. The number of carbonyl (C=O) groups is 1. The Bertz CT molecular complexity index is 1080. The Kier molecular flexibility index (Phi) is 9.07. The van der Waals surface area contributed by atoms with Gasteiger partial charge >= 0.3 is 12.1 Å². The van der Waals surface area contributed by atoms with Crippen molar-refractivity contribution in [1.82, 2.24) is 0 Å². The van der Waals surface area contributed by atoms with Gasteiger partial charge in [0.1, 0.15) is 18.1 Å². The first kappa shape index (κ1) is 28.1. The van der Waals surface area contributed by atoms with Crippen molar-refractivity contribution >= 4 is 11.7 Å². The van der Waals surface area contributed by atoms with Gasteiger partial charge in [-0.3, -0.25) is 4.79 Å². The van der Waals surface area contributed by atoms with E-state index in [0.717, 1.165) is 55.8 Å². The molecule has 0 spiro atoms. The first-order chi connectivity index (χ1) is 18.1. The van der Waals surface area contributed by atoms with E-state index in [1.165, 1.54) is 0 Å². The lowest BCUT2D eigenvalue weighted by Gasteiger charge is -2.35. The van der Waals surface area contributed by atoms with E-state index in [1.807, 2.05) is 30.3 Å². The normalized spacial score (nSPS) is 18.2. The quantitative estimate of drug-likeness (QED) is 0.330. The van der Waals surface area contributed by atoms with Crippen LogP contribution < -0.4 is 14.4 Å². The third-order valence-corrected chi connectivity index (χ3v) is 7.49. The second kappa shape index (κ2) is 12.3. The summed E-state index contributed by atoms with van der Waals surface area (Å²) in [6, 6.07) is 13.2. The van der Waals surface area contributed by atoms with E-state index in [1.54, 1.807) is 26.2 Å². The van der Waals surface area contributed by atoms with E-state index in [9.17, 15) is 23.1 Å². The molecule has 2 atom stereocenters. The van der Waals surface area contributed by atoms with Crippen LogP contribution in [0.15, 0.2) is 42.5 Å². The summed E-state index contributed by atoms with van der Waals surface area (Å²) in [6.07, 6.45) is -1.07. The smallest absolute Gasteiger partial charge is 0.411 e. The third kappa shape index (κ3) is 7.79. The van der Waals surface area contributed by atoms with Gasteiger partial charge in [0.15, 0.2) is 0 Å². The number of alkyl halides is 3. The summed E-state index contributed by atoms with van der Waals surface area (Å²) in [4.78, 5) is 13.5. The Morgan fingerprint density at radius 3 is 2.45 bits per heavy atom. The molecule has 2 fully saturated rings. The zero-order valence-electron chi connectivity index (χ0n) is 21.9. The molecular weight excluding hydrogens is 499 g/mol. The minimum Gasteiger partial charge on any atom is -0.497 e. The number of piperidine rings is 1. The molecule has 4 rings (SSSR count). The molecule has 1 heterocycles. The van der Waals surface area contributed by atoms with E-state index in [4.69, 9.17) is 14.2 Å². The zero-order valence-corrected chi connectivity index (χ0v) is 21.9. The van der Waals surface area contributed by atoms with Crippen molar-refractivity contribution in [3.8, 4) is 11.5 Å². The van der Waals surface area contributed by atoms with Crippen LogP contribution in [-0.4, -0.2) is 50.7 Å². The van der Waals surface area contributed by atoms with Gasteiger partial charge in [0, 0.05) is 30.4 Å². The van der Waals surface area contributed by atoms with E-state index < -0.39 is 24.9 Å². The van der Waals surface area contributed by atoms with E-state index in [2.05, 4.69) is 4.90 Å². The van der Waals surface area contributed by atoms with Gasteiger partial charge < -0.3 is 24.2 Å². The van der Waals surface area contributed by atoms with E-state index in [0.29, 0.717) is 29.8 Å². The van der Waals surface area contributed by atoms with Gasteiger partial charge in [0.2, 0.25) is 0 Å². The summed E-state index contributed by atoms with van der Waals surface area (Å²) in [6.45, 7) is 2.37. The minimum absolute atomic E-state index is 0.0267. The topological polar surface area (TPSA) is 68.2 Å². The van der Waals surface area contributed by atoms with Gasteiger partial charge in [-0.1, -0.05) is 18.2 Å². The van der Waals surface area contributed by atoms with Crippen molar-refractivity contribution in [2.45, 2.75) is 57.2 Å². The second-order valence-corrected chi connectivity index (χ2v) is 10.3. The molecule has 1 saturated carbocycles. The summed E-state index contributed by atoms with van der Waals surface area (Å²) < 4.78 is 54.7. The van der Waals surface area contributed by atoms with E-state index >= 15 is 0 Å². The molecular formula is C29H36F3NO5. The number of ether oxygens (including phenoxy) is 3. The molecule has 9 heteroatoms. The molecule has 1 aliphatic carbocycles. The lowest BCUT2D eigenvalue weighted by molar-refractivity contribution is -0.184. The van der Waals surface area contributed by atoms with Crippen molar-refractivity contribution in [3.63, 3.8) is 0 Å². The molecule has 2 aromatic carbocycles. The fourth-order valence-corrected chi connectivity index (χ4v) is 5.21. The molecule has 0 aromatic heterocycles. The average Bonchev–Trinajstić information content (AvgIpc) is 3.74. The summed E-state index contributed by atoms with van der Waals surface area (Å²) in [5.74, 6) is 1.42. The molecule has 2 aliphatic rings. The Labute approximate surface area is 221 Å².